The highest BCUT2D eigenvalue weighted by Crippen LogP contribution is 2.24. The van der Waals surface area contributed by atoms with Gasteiger partial charge in [0, 0.05) is 0 Å². The van der Waals surface area contributed by atoms with Crippen LogP contribution in [0.2, 0.25) is 5.02 Å². The molecule has 0 atom stereocenters. The minimum absolute atomic E-state index is 0. The van der Waals surface area contributed by atoms with Gasteiger partial charge in [-0.2, -0.15) is 0 Å². The van der Waals surface area contributed by atoms with Crippen LogP contribution in [-0.4, -0.2) is 42.9 Å². The van der Waals surface area contributed by atoms with Gasteiger partial charge in [0.05, 0.1) is 23.8 Å². The number of para-hydroxylation sites is 1. The number of anilines is 1. The fourth-order valence-electron chi connectivity index (χ4n) is 2.35. The first-order valence-corrected chi connectivity index (χ1v) is 7.48. The van der Waals surface area contributed by atoms with E-state index in [4.69, 9.17) is 11.6 Å². The molecule has 0 saturated carbocycles. The van der Waals surface area contributed by atoms with Gasteiger partial charge in [-0.15, -0.1) is 12.4 Å². The minimum Gasteiger partial charge on any atom is -0.346 e. The van der Waals surface area contributed by atoms with Crippen molar-refractivity contribution in [3.8, 4) is 0 Å². The molecule has 1 aliphatic rings. The van der Waals surface area contributed by atoms with Crippen molar-refractivity contribution in [2.24, 2.45) is 0 Å². The summed E-state index contributed by atoms with van der Waals surface area (Å²) in [5.74, 6) is -0.399. The highest BCUT2D eigenvalue weighted by Gasteiger charge is 2.15. The van der Waals surface area contributed by atoms with Crippen molar-refractivity contribution in [1.82, 2.24) is 10.2 Å². The maximum absolute atomic E-state index is 11.9. The highest BCUT2D eigenvalue weighted by molar-refractivity contribution is 6.33. The number of nitrogens with one attached hydrogen (secondary N) is 2. The number of halogens is 2. The third-order valence-electron chi connectivity index (χ3n) is 3.50. The fraction of sp³-hybridized carbons (Fsp3) is 0.467. The normalized spacial score (nSPS) is 14.3. The van der Waals surface area contributed by atoms with Gasteiger partial charge in [0.25, 0.3) is 0 Å². The molecule has 122 valence electrons. The number of aryl methyl sites for hydroxylation is 1. The van der Waals surface area contributed by atoms with Crippen molar-refractivity contribution in [1.29, 1.82) is 0 Å². The number of benzene rings is 1. The summed E-state index contributed by atoms with van der Waals surface area (Å²) >= 11 is 6.04. The average molecular weight is 346 g/mol. The summed E-state index contributed by atoms with van der Waals surface area (Å²) in [6.45, 7) is 4.10. The Kier molecular flexibility index (Phi) is 7.65. The minimum atomic E-state index is -0.277. The van der Waals surface area contributed by atoms with E-state index in [1.54, 1.807) is 6.07 Å². The zero-order chi connectivity index (χ0) is 15.2. The van der Waals surface area contributed by atoms with E-state index in [0.717, 1.165) is 31.5 Å². The molecule has 0 unspecified atom stereocenters. The zero-order valence-corrected chi connectivity index (χ0v) is 14.1. The fourth-order valence-corrected chi connectivity index (χ4v) is 2.62. The molecule has 2 amide bonds. The molecule has 0 radical (unpaired) electrons. The number of hydrogen-bond acceptors (Lipinski definition) is 3. The molecule has 1 heterocycles. The van der Waals surface area contributed by atoms with E-state index < -0.39 is 0 Å². The summed E-state index contributed by atoms with van der Waals surface area (Å²) in [6, 6.07) is 5.41. The maximum Gasteiger partial charge on any atom is 0.243 e. The van der Waals surface area contributed by atoms with Crippen LogP contribution < -0.4 is 10.6 Å². The zero-order valence-electron chi connectivity index (χ0n) is 12.5. The molecule has 0 spiro atoms. The lowest BCUT2D eigenvalue weighted by molar-refractivity contribution is -0.124. The summed E-state index contributed by atoms with van der Waals surface area (Å²) in [4.78, 5) is 25.7. The van der Waals surface area contributed by atoms with Crippen molar-refractivity contribution in [2.75, 3.05) is 31.5 Å². The highest BCUT2D eigenvalue weighted by atomic mass is 35.5. The molecule has 1 aliphatic heterocycles. The van der Waals surface area contributed by atoms with Gasteiger partial charge < -0.3 is 10.6 Å². The largest absolute Gasteiger partial charge is 0.346 e. The van der Waals surface area contributed by atoms with Crippen molar-refractivity contribution in [3.63, 3.8) is 0 Å². The smallest absolute Gasteiger partial charge is 0.243 e. The molecule has 1 fully saturated rings. The van der Waals surface area contributed by atoms with Crippen LogP contribution in [0.5, 0.6) is 0 Å². The molecule has 0 aromatic heterocycles. The number of carbonyl (C=O) groups is 2. The van der Waals surface area contributed by atoms with E-state index in [1.165, 1.54) is 0 Å². The van der Waals surface area contributed by atoms with E-state index >= 15 is 0 Å². The second kappa shape index (κ2) is 8.98. The first kappa shape index (κ1) is 18.7. The second-order valence-electron chi connectivity index (χ2n) is 5.24. The molecule has 22 heavy (non-hydrogen) atoms. The molecule has 5 nitrogen and oxygen atoms in total. The Hall–Kier alpha value is -1.30. The average Bonchev–Trinajstić information content (AvgIpc) is 2.94. The quantitative estimate of drug-likeness (QED) is 0.860. The number of rotatable bonds is 5. The number of amides is 2. The van der Waals surface area contributed by atoms with Crippen molar-refractivity contribution in [2.45, 2.75) is 19.8 Å². The molecule has 2 rings (SSSR count). The monoisotopic (exact) mass is 345 g/mol. The maximum atomic E-state index is 11.9. The summed E-state index contributed by atoms with van der Waals surface area (Å²) in [5.41, 5.74) is 1.48. The molecule has 0 bridgehead atoms. The lowest BCUT2D eigenvalue weighted by Crippen LogP contribution is -2.39. The van der Waals surface area contributed by atoms with Crippen LogP contribution in [0, 0.1) is 6.92 Å². The molecule has 1 aromatic carbocycles. The molecule has 1 aromatic rings. The van der Waals surface area contributed by atoms with Gasteiger partial charge in [-0.05, 0) is 44.5 Å². The van der Waals surface area contributed by atoms with Gasteiger partial charge in [0.15, 0.2) is 0 Å². The van der Waals surface area contributed by atoms with Gasteiger partial charge in [-0.1, -0.05) is 23.7 Å². The van der Waals surface area contributed by atoms with Crippen LogP contribution in [-0.2, 0) is 9.59 Å². The Morgan fingerprint density at radius 1 is 1.23 bits per heavy atom. The topological polar surface area (TPSA) is 61.4 Å². The number of nitrogens with zero attached hydrogens (tertiary/aromatic N) is 1. The number of likely N-dealkylation sites (tertiary alicyclic amines) is 1. The third-order valence-corrected chi connectivity index (χ3v) is 3.81. The lowest BCUT2D eigenvalue weighted by atomic mass is 10.2. The predicted octanol–water partition coefficient (Wildman–Crippen LogP) is 2.22. The van der Waals surface area contributed by atoms with Crippen LogP contribution in [0.25, 0.3) is 0 Å². The summed E-state index contributed by atoms with van der Waals surface area (Å²) < 4.78 is 0. The summed E-state index contributed by atoms with van der Waals surface area (Å²) in [5, 5.41) is 5.85. The standard InChI is InChI=1S/C15H20ClN3O2.ClH/c1-11-5-4-6-12(16)15(11)18-13(20)9-17-14(21)10-19-7-2-3-8-19;/h4-6H,2-3,7-10H2,1H3,(H,17,21)(H,18,20);1H. The Balaban J connectivity index is 0.00000242. The van der Waals surface area contributed by atoms with E-state index in [2.05, 4.69) is 15.5 Å². The van der Waals surface area contributed by atoms with Crippen LogP contribution in [0.15, 0.2) is 18.2 Å². The van der Waals surface area contributed by atoms with Crippen molar-refractivity contribution >= 4 is 41.5 Å². The van der Waals surface area contributed by atoms with Crippen LogP contribution in [0.1, 0.15) is 18.4 Å². The van der Waals surface area contributed by atoms with E-state index in [0.29, 0.717) is 17.3 Å². The summed E-state index contributed by atoms with van der Waals surface area (Å²) in [7, 11) is 0. The third kappa shape index (κ3) is 5.48. The molecule has 0 aliphatic carbocycles. The Labute approximate surface area is 141 Å². The van der Waals surface area contributed by atoms with Crippen LogP contribution >= 0.6 is 24.0 Å². The van der Waals surface area contributed by atoms with Gasteiger partial charge in [-0.25, -0.2) is 0 Å². The Bertz CT molecular complexity index is 511. The van der Waals surface area contributed by atoms with Crippen molar-refractivity contribution in [3.05, 3.63) is 28.8 Å². The molecular weight excluding hydrogens is 325 g/mol. The number of hydrogen-bond donors (Lipinski definition) is 2. The first-order valence-electron chi connectivity index (χ1n) is 7.10. The first-order chi connectivity index (χ1) is 10.1. The molecule has 1 saturated heterocycles. The molecule has 7 heteroatoms. The Morgan fingerprint density at radius 2 is 1.91 bits per heavy atom. The number of carbonyl (C=O) groups excluding carboxylic acids is 2. The Morgan fingerprint density at radius 3 is 2.55 bits per heavy atom. The molecule has 2 N–H and O–H groups in total. The summed E-state index contributed by atoms with van der Waals surface area (Å²) in [6.07, 6.45) is 2.28. The second-order valence-corrected chi connectivity index (χ2v) is 5.65. The van der Waals surface area contributed by atoms with Gasteiger partial charge >= 0.3 is 0 Å². The van der Waals surface area contributed by atoms with Gasteiger partial charge in [-0.3, -0.25) is 14.5 Å². The van der Waals surface area contributed by atoms with E-state index in [1.807, 2.05) is 19.1 Å². The van der Waals surface area contributed by atoms with Crippen molar-refractivity contribution < 1.29 is 9.59 Å². The SMILES string of the molecule is Cc1cccc(Cl)c1NC(=O)CNC(=O)CN1CCCC1.Cl. The molecular formula is C15H21Cl2N3O2. The van der Waals surface area contributed by atoms with Crippen LogP contribution in [0.3, 0.4) is 0 Å². The van der Waals surface area contributed by atoms with E-state index in [9.17, 15) is 9.59 Å². The van der Waals surface area contributed by atoms with Gasteiger partial charge in [0.2, 0.25) is 11.8 Å². The van der Waals surface area contributed by atoms with E-state index in [-0.39, 0.29) is 30.8 Å². The van der Waals surface area contributed by atoms with Gasteiger partial charge in [0.1, 0.15) is 0 Å². The predicted molar refractivity (Wildman–Crippen MR) is 90.8 cm³/mol. The lowest BCUT2D eigenvalue weighted by Gasteiger charge is -2.14. The van der Waals surface area contributed by atoms with Crippen LogP contribution in [0.4, 0.5) is 5.69 Å².